The van der Waals surface area contributed by atoms with Crippen LogP contribution in [0, 0.1) is 27.7 Å². The normalized spacial score (nSPS) is 11.4. The predicted molar refractivity (Wildman–Crippen MR) is 146 cm³/mol. The Bertz CT molecular complexity index is 1620. The zero-order chi connectivity index (χ0) is 26.9. The standard InChI is InChI=1S/C28H30N4O4S/c1-19-14-16-24(17-15-19)37(35,36)31(25-13-9-10-20(2)21(25)3)18-26(33)29-27-22(4)30(5)32(28(27)34)23-11-7-6-8-12-23/h6-17H,18H2,1-5H3,(H,29,33). The quantitative estimate of drug-likeness (QED) is 0.396. The molecule has 3 aromatic carbocycles. The monoisotopic (exact) mass is 518 g/mol. The van der Waals surface area contributed by atoms with Gasteiger partial charge in [0.2, 0.25) is 5.91 Å². The van der Waals surface area contributed by atoms with Gasteiger partial charge in [0.15, 0.2) is 0 Å². The summed E-state index contributed by atoms with van der Waals surface area (Å²) in [4.78, 5) is 26.6. The van der Waals surface area contributed by atoms with Crippen LogP contribution in [0.3, 0.4) is 0 Å². The number of rotatable bonds is 7. The van der Waals surface area contributed by atoms with Gasteiger partial charge >= 0.3 is 0 Å². The van der Waals surface area contributed by atoms with E-state index in [9.17, 15) is 18.0 Å². The van der Waals surface area contributed by atoms with Crippen molar-refractivity contribution in [2.45, 2.75) is 32.6 Å². The minimum absolute atomic E-state index is 0.0779. The maximum absolute atomic E-state index is 13.7. The summed E-state index contributed by atoms with van der Waals surface area (Å²) in [6.45, 7) is 6.80. The highest BCUT2D eigenvalue weighted by Crippen LogP contribution is 2.29. The molecule has 0 radical (unpaired) electrons. The van der Waals surface area contributed by atoms with Crippen LogP contribution < -0.4 is 15.2 Å². The van der Waals surface area contributed by atoms with Crippen molar-refractivity contribution in [3.8, 4) is 5.69 Å². The number of nitrogens with one attached hydrogen (secondary N) is 1. The van der Waals surface area contributed by atoms with E-state index in [0.717, 1.165) is 21.0 Å². The molecule has 0 atom stereocenters. The average molecular weight is 519 g/mol. The van der Waals surface area contributed by atoms with E-state index in [4.69, 9.17) is 0 Å². The van der Waals surface area contributed by atoms with Gasteiger partial charge in [0.05, 0.1) is 22.0 Å². The molecule has 0 saturated carbocycles. The van der Waals surface area contributed by atoms with Gasteiger partial charge in [-0.25, -0.2) is 13.1 Å². The molecule has 0 bridgehead atoms. The number of nitrogens with zero attached hydrogens (tertiary/aromatic N) is 3. The summed E-state index contributed by atoms with van der Waals surface area (Å²) >= 11 is 0. The Morgan fingerprint density at radius 3 is 2.19 bits per heavy atom. The molecule has 4 rings (SSSR count). The fourth-order valence-corrected chi connectivity index (χ4v) is 5.64. The molecule has 9 heteroatoms. The highest BCUT2D eigenvalue weighted by Gasteiger charge is 2.29. The number of hydrogen-bond acceptors (Lipinski definition) is 4. The van der Waals surface area contributed by atoms with E-state index in [-0.39, 0.29) is 10.6 Å². The number of sulfonamides is 1. The Balaban J connectivity index is 1.73. The molecule has 1 N–H and O–H groups in total. The molecule has 0 aliphatic heterocycles. The lowest BCUT2D eigenvalue weighted by molar-refractivity contribution is -0.114. The fourth-order valence-electron chi connectivity index (χ4n) is 4.16. The predicted octanol–water partition coefficient (Wildman–Crippen LogP) is 4.24. The number of carbonyl (C=O) groups is 1. The Hall–Kier alpha value is -4.11. The zero-order valence-electron chi connectivity index (χ0n) is 21.5. The number of aryl methyl sites for hydroxylation is 2. The smallest absolute Gasteiger partial charge is 0.295 e. The number of anilines is 2. The van der Waals surface area contributed by atoms with Crippen LogP contribution in [0.15, 0.2) is 82.5 Å². The van der Waals surface area contributed by atoms with Gasteiger partial charge in [0, 0.05) is 7.05 Å². The first kappa shape index (κ1) is 26.0. The second-order valence-electron chi connectivity index (χ2n) is 9.03. The summed E-state index contributed by atoms with van der Waals surface area (Å²) in [5.41, 5.74) is 3.86. The molecule has 4 aromatic rings. The molecule has 192 valence electrons. The van der Waals surface area contributed by atoms with Crippen LogP contribution in [0.25, 0.3) is 5.69 Å². The lowest BCUT2D eigenvalue weighted by Crippen LogP contribution is -2.39. The molecule has 37 heavy (non-hydrogen) atoms. The number of aromatic nitrogens is 2. The number of benzene rings is 3. The molecular weight excluding hydrogens is 488 g/mol. The summed E-state index contributed by atoms with van der Waals surface area (Å²) in [7, 11) is -2.35. The molecule has 1 aromatic heterocycles. The number of amides is 1. The topological polar surface area (TPSA) is 93.4 Å². The third-order valence-electron chi connectivity index (χ3n) is 6.56. The van der Waals surface area contributed by atoms with Crippen LogP contribution >= 0.6 is 0 Å². The van der Waals surface area contributed by atoms with Crippen molar-refractivity contribution >= 4 is 27.3 Å². The van der Waals surface area contributed by atoms with Crippen molar-refractivity contribution < 1.29 is 13.2 Å². The minimum Gasteiger partial charge on any atom is -0.318 e. The van der Waals surface area contributed by atoms with Crippen LogP contribution in [0.4, 0.5) is 11.4 Å². The Morgan fingerprint density at radius 1 is 0.892 bits per heavy atom. The third kappa shape index (κ3) is 4.95. The van der Waals surface area contributed by atoms with Crippen LogP contribution in [0.5, 0.6) is 0 Å². The molecule has 1 heterocycles. The van der Waals surface area contributed by atoms with Crippen molar-refractivity contribution in [1.29, 1.82) is 0 Å². The van der Waals surface area contributed by atoms with Crippen molar-refractivity contribution in [1.82, 2.24) is 9.36 Å². The molecular formula is C28H30N4O4S. The van der Waals surface area contributed by atoms with Gasteiger partial charge in [0.1, 0.15) is 12.2 Å². The van der Waals surface area contributed by atoms with Crippen LogP contribution in [-0.2, 0) is 21.9 Å². The number of carbonyl (C=O) groups excluding carboxylic acids is 1. The summed E-state index contributed by atoms with van der Waals surface area (Å²) in [5, 5.41) is 2.68. The van der Waals surface area contributed by atoms with Gasteiger partial charge in [-0.3, -0.25) is 18.6 Å². The Kier molecular flexibility index (Phi) is 7.09. The summed E-state index contributed by atoms with van der Waals surface area (Å²) in [6.07, 6.45) is 0. The highest BCUT2D eigenvalue weighted by molar-refractivity contribution is 7.92. The van der Waals surface area contributed by atoms with E-state index in [2.05, 4.69) is 5.32 Å². The van der Waals surface area contributed by atoms with E-state index < -0.39 is 28.0 Å². The maximum Gasteiger partial charge on any atom is 0.295 e. The Labute approximate surface area is 216 Å². The minimum atomic E-state index is -4.08. The second kappa shape index (κ2) is 10.1. The first-order valence-corrected chi connectivity index (χ1v) is 13.3. The molecule has 0 spiro atoms. The number of para-hydroxylation sites is 1. The zero-order valence-corrected chi connectivity index (χ0v) is 22.3. The van der Waals surface area contributed by atoms with Gasteiger partial charge in [-0.1, -0.05) is 48.0 Å². The lowest BCUT2D eigenvalue weighted by Gasteiger charge is -2.26. The molecule has 0 fully saturated rings. The van der Waals surface area contributed by atoms with Crippen molar-refractivity contribution in [2.75, 3.05) is 16.2 Å². The third-order valence-corrected chi connectivity index (χ3v) is 8.33. The van der Waals surface area contributed by atoms with E-state index in [1.165, 1.54) is 16.8 Å². The second-order valence-corrected chi connectivity index (χ2v) is 10.9. The number of hydrogen-bond donors (Lipinski definition) is 1. The molecule has 0 aliphatic carbocycles. The van der Waals surface area contributed by atoms with E-state index >= 15 is 0 Å². The maximum atomic E-state index is 13.7. The molecule has 8 nitrogen and oxygen atoms in total. The molecule has 0 saturated heterocycles. The summed E-state index contributed by atoms with van der Waals surface area (Å²) < 4.78 is 31.7. The van der Waals surface area contributed by atoms with Crippen molar-refractivity contribution in [2.24, 2.45) is 7.05 Å². The summed E-state index contributed by atoms with van der Waals surface area (Å²) in [5.74, 6) is -0.623. The van der Waals surface area contributed by atoms with E-state index in [1.807, 2.05) is 45.0 Å². The van der Waals surface area contributed by atoms with Crippen molar-refractivity contribution in [3.05, 3.63) is 106 Å². The largest absolute Gasteiger partial charge is 0.318 e. The fraction of sp³-hybridized carbons (Fsp3) is 0.214. The SMILES string of the molecule is Cc1ccc(S(=O)(=O)N(CC(=O)Nc2c(C)n(C)n(-c3ccccc3)c2=O)c2cccc(C)c2C)cc1. The van der Waals surface area contributed by atoms with Crippen molar-refractivity contribution in [3.63, 3.8) is 0 Å². The summed E-state index contributed by atoms with van der Waals surface area (Å²) in [6, 6.07) is 20.9. The van der Waals surface area contributed by atoms with E-state index in [0.29, 0.717) is 17.1 Å². The van der Waals surface area contributed by atoms with Crippen LogP contribution in [0.2, 0.25) is 0 Å². The van der Waals surface area contributed by atoms with Crippen LogP contribution in [-0.4, -0.2) is 30.2 Å². The van der Waals surface area contributed by atoms with Gasteiger partial charge in [0.25, 0.3) is 15.6 Å². The van der Waals surface area contributed by atoms with Gasteiger partial charge in [-0.05, 0) is 69.2 Å². The van der Waals surface area contributed by atoms with E-state index in [1.54, 1.807) is 55.1 Å². The van der Waals surface area contributed by atoms with Gasteiger partial charge < -0.3 is 5.32 Å². The molecule has 1 amide bonds. The van der Waals surface area contributed by atoms with Crippen LogP contribution in [0.1, 0.15) is 22.4 Å². The average Bonchev–Trinajstić information content (AvgIpc) is 3.08. The first-order valence-electron chi connectivity index (χ1n) is 11.8. The van der Waals surface area contributed by atoms with Gasteiger partial charge in [-0.15, -0.1) is 0 Å². The molecule has 0 unspecified atom stereocenters. The highest BCUT2D eigenvalue weighted by atomic mass is 32.2. The van der Waals surface area contributed by atoms with Gasteiger partial charge in [-0.2, -0.15) is 0 Å². The molecule has 0 aliphatic rings. The first-order chi connectivity index (χ1) is 17.5. The Morgan fingerprint density at radius 2 is 1.54 bits per heavy atom. The lowest BCUT2D eigenvalue weighted by atomic mass is 10.1.